The Morgan fingerprint density at radius 2 is 2.21 bits per heavy atom. The molecule has 19 heavy (non-hydrogen) atoms. The van der Waals surface area contributed by atoms with Crippen LogP contribution in [0.5, 0.6) is 0 Å². The molecule has 1 heterocycles. The van der Waals surface area contributed by atoms with Gasteiger partial charge in [-0.1, -0.05) is 13.8 Å². The molecule has 1 aromatic rings. The molecule has 1 aromatic heterocycles. The summed E-state index contributed by atoms with van der Waals surface area (Å²) in [6.45, 7) is 10.9. The minimum absolute atomic E-state index is 0.698. The normalized spacial score (nSPS) is 14.9. The van der Waals surface area contributed by atoms with Crippen molar-refractivity contribution in [1.82, 2.24) is 10.3 Å². The lowest BCUT2D eigenvalue weighted by atomic mass is 10.2. The van der Waals surface area contributed by atoms with Crippen LogP contribution in [0.4, 0.5) is 5.82 Å². The Morgan fingerprint density at radius 3 is 2.84 bits per heavy atom. The first-order chi connectivity index (χ1) is 9.19. The summed E-state index contributed by atoms with van der Waals surface area (Å²) >= 11 is 0. The number of hydrogen-bond donors (Lipinski definition) is 1. The van der Waals surface area contributed by atoms with Crippen LogP contribution in [0.15, 0.2) is 18.3 Å². The maximum Gasteiger partial charge on any atom is 0.128 e. The highest BCUT2D eigenvalue weighted by Crippen LogP contribution is 2.30. The maximum atomic E-state index is 4.53. The third kappa shape index (κ3) is 4.83. The third-order valence-corrected chi connectivity index (χ3v) is 3.57. The summed E-state index contributed by atoms with van der Waals surface area (Å²) in [6.07, 6.45) is 4.73. The summed E-state index contributed by atoms with van der Waals surface area (Å²) in [6, 6.07) is 4.35. The van der Waals surface area contributed by atoms with Gasteiger partial charge in [-0.25, -0.2) is 4.98 Å². The van der Waals surface area contributed by atoms with E-state index in [1.165, 1.54) is 24.9 Å². The van der Waals surface area contributed by atoms with Crippen molar-refractivity contribution in [2.75, 3.05) is 24.5 Å². The van der Waals surface area contributed by atoms with Gasteiger partial charge >= 0.3 is 0 Å². The Morgan fingerprint density at radius 1 is 1.42 bits per heavy atom. The maximum absolute atomic E-state index is 4.53. The van der Waals surface area contributed by atoms with Gasteiger partial charge in [0.2, 0.25) is 0 Å². The number of anilines is 1. The van der Waals surface area contributed by atoms with Crippen LogP contribution in [0.2, 0.25) is 0 Å². The van der Waals surface area contributed by atoms with E-state index < -0.39 is 0 Å². The molecule has 1 aliphatic rings. The highest BCUT2D eigenvalue weighted by Gasteiger charge is 2.24. The smallest absolute Gasteiger partial charge is 0.128 e. The quantitative estimate of drug-likeness (QED) is 0.779. The van der Waals surface area contributed by atoms with E-state index in [0.717, 1.165) is 31.4 Å². The first kappa shape index (κ1) is 14.3. The molecule has 2 rings (SSSR count). The Balaban J connectivity index is 1.92. The van der Waals surface area contributed by atoms with Gasteiger partial charge in [-0.3, -0.25) is 0 Å². The molecule has 0 atom stereocenters. The van der Waals surface area contributed by atoms with E-state index in [-0.39, 0.29) is 0 Å². The molecule has 3 nitrogen and oxygen atoms in total. The van der Waals surface area contributed by atoms with Crippen molar-refractivity contribution in [3.8, 4) is 0 Å². The molecular formula is C16H27N3. The third-order valence-electron chi connectivity index (χ3n) is 3.57. The van der Waals surface area contributed by atoms with Gasteiger partial charge in [0.05, 0.1) is 0 Å². The average molecular weight is 261 g/mol. The molecule has 0 bridgehead atoms. The number of rotatable bonds is 8. The number of nitrogens with zero attached hydrogens (tertiary/aromatic N) is 2. The molecule has 1 saturated carbocycles. The second-order valence-corrected chi connectivity index (χ2v) is 6.03. The summed E-state index contributed by atoms with van der Waals surface area (Å²) < 4.78 is 0. The van der Waals surface area contributed by atoms with Crippen molar-refractivity contribution in [1.29, 1.82) is 0 Å². The monoisotopic (exact) mass is 261 g/mol. The second kappa shape index (κ2) is 6.90. The fourth-order valence-electron chi connectivity index (χ4n) is 2.25. The van der Waals surface area contributed by atoms with E-state index in [4.69, 9.17) is 0 Å². The Kier molecular flexibility index (Phi) is 5.20. The fraction of sp³-hybridized carbons (Fsp3) is 0.688. The lowest BCUT2D eigenvalue weighted by Gasteiger charge is -2.22. The zero-order valence-electron chi connectivity index (χ0n) is 12.5. The van der Waals surface area contributed by atoms with Crippen LogP contribution in [-0.2, 0) is 6.54 Å². The number of aromatic nitrogens is 1. The lowest BCUT2D eigenvalue weighted by Crippen LogP contribution is -2.26. The van der Waals surface area contributed by atoms with Crippen molar-refractivity contribution in [3.63, 3.8) is 0 Å². The fourth-order valence-corrected chi connectivity index (χ4v) is 2.25. The van der Waals surface area contributed by atoms with Gasteiger partial charge in [-0.2, -0.15) is 0 Å². The summed E-state index contributed by atoms with van der Waals surface area (Å²) in [5.41, 5.74) is 1.33. The molecule has 0 aliphatic heterocycles. The molecule has 0 aromatic carbocycles. The standard InChI is InChI=1S/C16H27N3/c1-4-19(12-14-5-6-14)16-9-15(7-8-18-16)11-17-10-13(2)3/h7-9,13-14,17H,4-6,10-12H2,1-3H3. The Bertz CT molecular complexity index is 385. The van der Waals surface area contributed by atoms with E-state index in [1.807, 2.05) is 6.20 Å². The van der Waals surface area contributed by atoms with Crippen LogP contribution >= 0.6 is 0 Å². The van der Waals surface area contributed by atoms with Crippen molar-refractivity contribution >= 4 is 5.82 Å². The van der Waals surface area contributed by atoms with E-state index in [2.05, 4.69) is 48.1 Å². The van der Waals surface area contributed by atoms with Gasteiger partial charge in [0.1, 0.15) is 5.82 Å². The van der Waals surface area contributed by atoms with Crippen molar-refractivity contribution in [2.24, 2.45) is 11.8 Å². The zero-order valence-corrected chi connectivity index (χ0v) is 12.5. The lowest BCUT2D eigenvalue weighted by molar-refractivity contribution is 0.552. The van der Waals surface area contributed by atoms with E-state index >= 15 is 0 Å². The van der Waals surface area contributed by atoms with E-state index in [9.17, 15) is 0 Å². The Hall–Kier alpha value is -1.09. The zero-order chi connectivity index (χ0) is 13.7. The molecule has 1 aliphatic carbocycles. The molecule has 1 N–H and O–H groups in total. The topological polar surface area (TPSA) is 28.2 Å². The van der Waals surface area contributed by atoms with E-state index in [0.29, 0.717) is 5.92 Å². The van der Waals surface area contributed by atoms with Gasteiger partial charge < -0.3 is 10.2 Å². The number of hydrogen-bond acceptors (Lipinski definition) is 3. The first-order valence-electron chi connectivity index (χ1n) is 7.59. The van der Waals surface area contributed by atoms with Crippen molar-refractivity contribution in [3.05, 3.63) is 23.9 Å². The molecular weight excluding hydrogens is 234 g/mol. The van der Waals surface area contributed by atoms with Crippen LogP contribution in [0.1, 0.15) is 39.2 Å². The van der Waals surface area contributed by atoms with Crippen LogP contribution in [0.25, 0.3) is 0 Å². The van der Waals surface area contributed by atoms with Crippen LogP contribution in [0.3, 0.4) is 0 Å². The molecule has 0 radical (unpaired) electrons. The average Bonchev–Trinajstić information content (AvgIpc) is 3.20. The molecule has 0 unspecified atom stereocenters. The number of nitrogens with one attached hydrogen (secondary N) is 1. The summed E-state index contributed by atoms with van der Waals surface area (Å²) in [7, 11) is 0. The minimum Gasteiger partial charge on any atom is -0.357 e. The first-order valence-corrected chi connectivity index (χ1v) is 7.59. The van der Waals surface area contributed by atoms with Crippen molar-refractivity contribution in [2.45, 2.75) is 40.2 Å². The Labute approximate surface area is 117 Å². The summed E-state index contributed by atoms with van der Waals surface area (Å²) in [5, 5.41) is 3.49. The molecule has 0 saturated heterocycles. The van der Waals surface area contributed by atoms with Gasteiger partial charge in [0.25, 0.3) is 0 Å². The molecule has 0 amide bonds. The van der Waals surface area contributed by atoms with Gasteiger partial charge in [0, 0.05) is 25.8 Å². The highest BCUT2D eigenvalue weighted by atomic mass is 15.2. The largest absolute Gasteiger partial charge is 0.357 e. The predicted octanol–water partition coefficient (Wildman–Crippen LogP) is 3.06. The predicted molar refractivity (Wildman–Crippen MR) is 81.4 cm³/mol. The summed E-state index contributed by atoms with van der Waals surface area (Å²) in [4.78, 5) is 6.94. The van der Waals surface area contributed by atoms with Gasteiger partial charge in [-0.15, -0.1) is 0 Å². The summed E-state index contributed by atoms with van der Waals surface area (Å²) in [5.74, 6) is 2.74. The van der Waals surface area contributed by atoms with Gasteiger partial charge in [0.15, 0.2) is 0 Å². The van der Waals surface area contributed by atoms with Crippen LogP contribution in [-0.4, -0.2) is 24.6 Å². The van der Waals surface area contributed by atoms with Crippen LogP contribution in [0, 0.1) is 11.8 Å². The van der Waals surface area contributed by atoms with Gasteiger partial charge in [-0.05, 0) is 55.8 Å². The molecule has 3 heteroatoms. The van der Waals surface area contributed by atoms with E-state index in [1.54, 1.807) is 0 Å². The SMILES string of the molecule is CCN(CC1CC1)c1cc(CNCC(C)C)ccn1. The minimum atomic E-state index is 0.698. The number of pyridine rings is 1. The van der Waals surface area contributed by atoms with Crippen LogP contribution < -0.4 is 10.2 Å². The van der Waals surface area contributed by atoms with Crippen molar-refractivity contribution < 1.29 is 0 Å². The second-order valence-electron chi connectivity index (χ2n) is 6.03. The highest BCUT2D eigenvalue weighted by molar-refractivity contribution is 5.41. The molecule has 0 spiro atoms. The molecule has 1 fully saturated rings. The molecule has 106 valence electrons.